The smallest absolute Gasteiger partial charge is 0.195 e. The molecule has 0 aliphatic carbocycles. The van der Waals surface area contributed by atoms with Crippen molar-refractivity contribution in [2.45, 2.75) is 24.0 Å². The lowest BCUT2D eigenvalue weighted by Crippen LogP contribution is -2.40. The zero-order chi connectivity index (χ0) is 12.3. The molecule has 0 radical (unpaired) electrons. The predicted molar refractivity (Wildman–Crippen MR) is 68.0 cm³/mol. The Bertz CT molecular complexity index is 497. The minimum Gasteiger partial charge on any atom is -0.394 e. The van der Waals surface area contributed by atoms with Crippen LogP contribution >= 0.6 is 11.8 Å². The van der Waals surface area contributed by atoms with Gasteiger partial charge in [0.25, 0.3) is 0 Å². The number of aliphatic hydroxyl groups is 1. The number of nitrogens with zero attached hydrogens (tertiary/aromatic N) is 3. The standard InChI is InChI=1S/C11H16N4OS/c1-11(12,8-16)5-7-17-10-14-13-9-4-2-3-6-15(9)10/h2-4,6,16H,5,7-8,12H2,1H3. The molecule has 0 spiro atoms. The zero-order valence-corrected chi connectivity index (χ0v) is 10.5. The Kier molecular flexibility index (Phi) is 3.66. The third-order valence-corrected chi connectivity index (χ3v) is 3.49. The SMILES string of the molecule is CC(N)(CO)CCSc1nnc2ccccn12. The molecule has 1 unspecified atom stereocenters. The number of aromatic nitrogens is 3. The Morgan fingerprint density at radius 3 is 3.06 bits per heavy atom. The topological polar surface area (TPSA) is 76.4 Å². The zero-order valence-electron chi connectivity index (χ0n) is 9.71. The molecule has 2 heterocycles. The van der Waals surface area contributed by atoms with Crippen LogP contribution in [0.25, 0.3) is 5.65 Å². The van der Waals surface area contributed by atoms with E-state index in [1.807, 2.05) is 35.7 Å². The van der Waals surface area contributed by atoms with E-state index in [-0.39, 0.29) is 6.61 Å². The van der Waals surface area contributed by atoms with E-state index in [4.69, 9.17) is 10.8 Å². The van der Waals surface area contributed by atoms with Gasteiger partial charge in [0, 0.05) is 17.5 Å². The Balaban J connectivity index is 2.00. The van der Waals surface area contributed by atoms with Crippen LogP contribution < -0.4 is 5.73 Å². The van der Waals surface area contributed by atoms with E-state index in [1.165, 1.54) is 0 Å². The van der Waals surface area contributed by atoms with Gasteiger partial charge in [0.15, 0.2) is 10.8 Å². The lowest BCUT2D eigenvalue weighted by atomic mass is 10.0. The maximum atomic E-state index is 9.06. The number of pyridine rings is 1. The highest BCUT2D eigenvalue weighted by atomic mass is 32.2. The number of rotatable bonds is 5. The molecule has 0 saturated heterocycles. The summed E-state index contributed by atoms with van der Waals surface area (Å²) in [6.07, 6.45) is 2.67. The van der Waals surface area contributed by atoms with Gasteiger partial charge in [0.1, 0.15) is 0 Å². The van der Waals surface area contributed by atoms with Gasteiger partial charge in [-0.1, -0.05) is 17.8 Å². The van der Waals surface area contributed by atoms with Crippen LogP contribution in [-0.2, 0) is 0 Å². The first-order chi connectivity index (χ1) is 8.12. The summed E-state index contributed by atoms with van der Waals surface area (Å²) in [5, 5.41) is 18.1. The minimum absolute atomic E-state index is 0.00581. The molecule has 92 valence electrons. The van der Waals surface area contributed by atoms with Crippen LogP contribution in [-0.4, -0.2) is 37.6 Å². The van der Waals surface area contributed by atoms with Gasteiger partial charge >= 0.3 is 0 Å². The summed E-state index contributed by atoms with van der Waals surface area (Å²) in [5.74, 6) is 0.809. The van der Waals surface area contributed by atoms with E-state index in [1.54, 1.807) is 11.8 Å². The molecule has 0 fully saturated rings. The third kappa shape index (κ3) is 2.96. The molecule has 17 heavy (non-hydrogen) atoms. The highest BCUT2D eigenvalue weighted by Gasteiger charge is 2.17. The van der Waals surface area contributed by atoms with Gasteiger partial charge in [0.05, 0.1) is 6.61 Å². The molecule has 2 aromatic rings. The summed E-state index contributed by atoms with van der Waals surface area (Å²) in [6, 6.07) is 5.79. The van der Waals surface area contributed by atoms with Crippen LogP contribution in [0.2, 0.25) is 0 Å². The van der Waals surface area contributed by atoms with Crippen LogP contribution in [0.15, 0.2) is 29.6 Å². The summed E-state index contributed by atoms with van der Waals surface area (Å²) >= 11 is 1.60. The molecule has 6 heteroatoms. The molecule has 1 atom stereocenters. The summed E-state index contributed by atoms with van der Waals surface area (Å²) in [6.45, 7) is 1.84. The molecule has 0 amide bonds. The number of fused-ring (bicyclic) bond motifs is 1. The van der Waals surface area contributed by atoms with Gasteiger partial charge in [0.2, 0.25) is 0 Å². The molecule has 0 bridgehead atoms. The number of aliphatic hydroxyl groups excluding tert-OH is 1. The van der Waals surface area contributed by atoms with E-state index in [0.717, 1.165) is 23.0 Å². The van der Waals surface area contributed by atoms with E-state index in [2.05, 4.69) is 10.2 Å². The van der Waals surface area contributed by atoms with Gasteiger partial charge in [-0.15, -0.1) is 10.2 Å². The fourth-order valence-electron chi connectivity index (χ4n) is 1.37. The maximum absolute atomic E-state index is 9.06. The first kappa shape index (κ1) is 12.3. The predicted octanol–water partition coefficient (Wildman–Crippen LogP) is 0.921. The maximum Gasteiger partial charge on any atom is 0.195 e. The van der Waals surface area contributed by atoms with E-state index < -0.39 is 5.54 Å². The molecular formula is C11H16N4OS. The van der Waals surface area contributed by atoms with E-state index in [0.29, 0.717) is 0 Å². The second-order valence-electron chi connectivity index (χ2n) is 4.32. The quantitative estimate of drug-likeness (QED) is 0.774. The summed E-state index contributed by atoms with van der Waals surface area (Å²) in [4.78, 5) is 0. The highest BCUT2D eigenvalue weighted by Crippen LogP contribution is 2.19. The third-order valence-electron chi connectivity index (χ3n) is 2.55. The van der Waals surface area contributed by atoms with Crippen molar-refractivity contribution in [1.29, 1.82) is 0 Å². The molecule has 0 aliphatic heterocycles. The Morgan fingerprint density at radius 1 is 1.47 bits per heavy atom. The molecule has 5 nitrogen and oxygen atoms in total. The van der Waals surface area contributed by atoms with Crippen LogP contribution in [0.1, 0.15) is 13.3 Å². The van der Waals surface area contributed by atoms with Crippen molar-refractivity contribution in [2.75, 3.05) is 12.4 Å². The summed E-state index contributed by atoms with van der Waals surface area (Å²) in [7, 11) is 0. The van der Waals surface area contributed by atoms with Crippen molar-refractivity contribution < 1.29 is 5.11 Å². The Labute approximate surface area is 104 Å². The summed E-state index contributed by atoms with van der Waals surface area (Å²) < 4.78 is 1.94. The number of thioether (sulfide) groups is 1. The fraction of sp³-hybridized carbons (Fsp3) is 0.455. The largest absolute Gasteiger partial charge is 0.394 e. The van der Waals surface area contributed by atoms with Gasteiger partial charge in [-0.25, -0.2) is 0 Å². The fourth-order valence-corrected chi connectivity index (χ4v) is 2.52. The van der Waals surface area contributed by atoms with Crippen molar-refractivity contribution in [3.8, 4) is 0 Å². The number of nitrogens with two attached hydrogens (primary N) is 1. The first-order valence-electron chi connectivity index (χ1n) is 5.45. The average molecular weight is 252 g/mol. The number of hydrogen-bond donors (Lipinski definition) is 2. The highest BCUT2D eigenvalue weighted by molar-refractivity contribution is 7.99. The average Bonchev–Trinajstić information content (AvgIpc) is 2.73. The van der Waals surface area contributed by atoms with Crippen molar-refractivity contribution in [1.82, 2.24) is 14.6 Å². The molecule has 3 N–H and O–H groups in total. The minimum atomic E-state index is -0.520. The first-order valence-corrected chi connectivity index (χ1v) is 6.43. The van der Waals surface area contributed by atoms with Crippen molar-refractivity contribution >= 4 is 17.4 Å². The van der Waals surface area contributed by atoms with Crippen LogP contribution in [0.4, 0.5) is 0 Å². The monoisotopic (exact) mass is 252 g/mol. The lowest BCUT2D eigenvalue weighted by molar-refractivity contribution is 0.206. The van der Waals surface area contributed by atoms with Crippen molar-refractivity contribution in [3.63, 3.8) is 0 Å². The number of hydrogen-bond acceptors (Lipinski definition) is 5. The Hall–Kier alpha value is -1.11. The normalized spacial score (nSPS) is 15.0. The van der Waals surface area contributed by atoms with Crippen molar-refractivity contribution in [2.24, 2.45) is 5.73 Å². The molecule has 0 aliphatic rings. The van der Waals surface area contributed by atoms with Crippen molar-refractivity contribution in [3.05, 3.63) is 24.4 Å². The van der Waals surface area contributed by atoms with Crippen LogP contribution in [0.5, 0.6) is 0 Å². The van der Waals surface area contributed by atoms with Gasteiger partial charge in [-0.05, 0) is 25.5 Å². The van der Waals surface area contributed by atoms with Gasteiger partial charge < -0.3 is 10.8 Å². The van der Waals surface area contributed by atoms with Gasteiger partial charge in [-0.2, -0.15) is 0 Å². The Morgan fingerprint density at radius 2 is 2.29 bits per heavy atom. The van der Waals surface area contributed by atoms with E-state index >= 15 is 0 Å². The van der Waals surface area contributed by atoms with Crippen LogP contribution in [0.3, 0.4) is 0 Å². The lowest BCUT2D eigenvalue weighted by Gasteiger charge is -2.20. The van der Waals surface area contributed by atoms with Gasteiger partial charge in [-0.3, -0.25) is 4.40 Å². The summed E-state index contributed by atoms with van der Waals surface area (Å²) in [5.41, 5.74) is 6.18. The second-order valence-corrected chi connectivity index (χ2v) is 5.38. The molecular weight excluding hydrogens is 236 g/mol. The molecule has 2 aromatic heterocycles. The van der Waals surface area contributed by atoms with E-state index in [9.17, 15) is 0 Å². The van der Waals surface area contributed by atoms with Crippen LogP contribution in [0, 0.1) is 0 Å². The molecule has 0 aromatic carbocycles. The molecule has 0 saturated carbocycles. The second kappa shape index (κ2) is 5.03. The molecule has 2 rings (SSSR count).